The topological polar surface area (TPSA) is 113 Å². The molecule has 0 spiro atoms. The van der Waals surface area contributed by atoms with Gasteiger partial charge in [0.25, 0.3) is 15.9 Å². The lowest BCUT2D eigenvalue weighted by Gasteiger charge is -2.37. The number of hydrogen-bond donors (Lipinski definition) is 2. The third kappa shape index (κ3) is 5.49. The highest BCUT2D eigenvalue weighted by atomic mass is 79.9. The molecule has 2 aromatic carbocycles. The van der Waals surface area contributed by atoms with Gasteiger partial charge in [0.15, 0.2) is 0 Å². The number of urea groups is 1. The molecular formula is C26H30BrN3O5S. The molecule has 1 aliphatic heterocycles. The number of amides is 4. The third-order valence-electron chi connectivity index (χ3n) is 6.94. The molecule has 1 saturated carbocycles. The van der Waals surface area contributed by atoms with Crippen molar-refractivity contribution in [2.24, 2.45) is 0 Å². The molecule has 0 bridgehead atoms. The van der Waals surface area contributed by atoms with Gasteiger partial charge in [0, 0.05) is 22.6 Å². The predicted molar refractivity (Wildman–Crippen MR) is 139 cm³/mol. The Kier molecular flexibility index (Phi) is 7.56. The van der Waals surface area contributed by atoms with Gasteiger partial charge < -0.3 is 5.32 Å². The molecule has 0 saturated heterocycles. The van der Waals surface area contributed by atoms with E-state index in [4.69, 9.17) is 0 Å². The average Bonchev–Trinajstić information content (AvgIpc) is 2.83. The molecule has 1 fully saturated rings. The van der Waals surface area contributed by atoms with Crippen LogP contribution in [0.5, 0.6) is 0 Å². The first-order chi connectivity index (χ1) is 17.0. The van der Waals surface area contributed by atoms with Crippen LogP contribution in [0.15, 0.2) is 51.8 Å². The van der Waals surface area contributed by atoms with Crippen molar-refractivity contribution in [3.63, 3.8) is 0 Å². The second kappa shape index (κ2) is 10.3. The predicted octanol–water partition coefficient (Wildman–Crippen LogP) is 4.27. The molecule has 0 radical (unpaired) electrons. The Morgan fingerprint density at radius 1 is 1.06 bits per heavy atom. The number of hydrogen-bond acceptors (Lipinski definition) is 5. The minimum absolute atomic E-state index is 0.00501. The number of nitrogens with one attached hydrogen (secondary N) is 2. The maximum Gasteiger partial charge on any atom is 0.328 e. The first-order valence-electron chi connectivity index (χ1n) is 12.1. The number of carbonyl (C=O) groups excluding carboxylic acids is 3. The van der Waals surface area contributed by atoms with Crippen LogP contribution < -0.4 is 10.0 Å². The third-order valence-corrected chi connectivity index (χ3v) is 8.78. The minimum Gasteiger partial charge on any atom is -0.335 e. The maximum atomic E-state index is 13.1. The van der Waals surface area contributed by atoms with Crippen LogP contribution in [0.4, 0.5) is 4.79 Å². The van der Waals surface area contributed by atoms with Crippen molar-refractivity contribution in [3.05, 3.63) is 63.6 Å². The summed E-state index contributed by atoms with van der Waals surface area (Å²) in [7, 11) is -4.02. The normalized spacial score (nSPS) is 18.0. The lowest BCUT2D eigenvalue weighted by molar-refractivity contribution is -0.134. The Labute approximate surface area is 220 Å². The van der Waals surface area contributed by atoms with Crippen LogP contribution in [0.3, 0.4) is 0 Å². The van der Waals surface area contributed by atoms with E-state index in [1.165, 1.54) is 17.0 Å². The zero-order valence-electron chi connectivity index (χ0n) is 20.3. The molecule has 192 valence electrons. The van der Waals surface area contributed by atoms with E-state index in [9.17, 15) is 22.8 Å². The van der Waals surface area contributed by atoms with E-state index >= 15 is 0 Å². The molecule has 2 aliphatic rings. The molecule has 0 aromatic heterocycles. The van der Waals surface area contributed by atoms with Gasteiger partial charge in [-0.3, -0.25) is 14.5 Å². The van der Waals surface area contributed by atoms with Crippen molar-refractivity contribution in [2.75, 3.05) is 6.54 Å². The molecule has 2 N–H and O–H groups in total. The van der Waals surface area contributed by atoms with E-state index < -0.39 is 21.5 Å². The van der Waals surface area contributed by atoms with Crippen LogP contribution in [0.25, 0.3) is 0 Å². The average molecular weight is 577 g/mol. The van der Waals surface area contributed by atoms with E-state index in [1.807, 2.05) is 6.07 Å². The molecule has 0 atom stereocenters. The number of rotatable bonds is 6. The van der Waals surface area contributed by atoms with Gasteiger partial charge in [-0.15, -0.1) is 0 Å². The van der Waals surface area contributed by atoms with Crippen LogP contribution in [-0.4, -0.2) is 43.7 Å². The second-order valence-corrected chi connectivity index (χ2v) is 12.5. The van der Waals surface area contributed by atoms with Gasteiger partial charge in [0.2, 0.25) is 5.91 Å². The first kappa shape index (κ1) is 26.3. The summed E-state index contributed by atoms with van der Waals surface area (Å²) >= 11 is 3.39. The monoisotopic (exact) mass is 575 g/mol. The number of benzene rings is 2. The quantitative estimate of drug-likeness (QED) is 0.499. The molecule has 36 heavy (non-hydrogen) atoms. The summed E-state index contributed by atoms with van der Waals surface area (Å²) < 4.78 is 28.1. The number of nitrogens with zero attached hydrogens (tertiary/aromatic N) is 1. The maximum absolute atomic E-state index is 13.1. The van der Waals surface area contributed by atoms with E-state index in [-0.39, 0.29) is 29.3 Å². The highest BCUT2D eigenvalue weighted by Gasteiger charge is 2.44. The zero-order valence-corrected chi connectivity index (χ0v) is 22.7. The van der Waals surface area contributed by atoms with Crippen molar-refractivity contribution in [1.82, 2.24) is 14.9 Å². The van der Waals surface area contributed by atoms with Crippen LogP contribution in [0, 0.1) is 0 Å². The zero-order chi connectivity index (χ0) is 26.1. The fourth-order valence-electron chi connectivity index (χ4n) is 4.85. The highest BCUT2D eigenvalue weighted by Crippen LogP contribution is 2.36. The molecule has 8 nitrogen and oxygen atoms in total. The van der Waals surface area contributed by atoms with Crippen LogP contribution >= 0.6 is 15.9 Å². The number of halogens is 1. The van der Waals surface area contributed by atoms with E-state index in [2.05, 4.69) is 26.0 Å². The van der Waals surface area contributed by atoms with Gasteiger partial charge in [-0.25, -0.2) is 17.9 Å². The number of imide groups is 1. The summed E-state index contributed by atoms with van der Waals surface area (Å²) in [5.74, 6) is -0.613. The largest absolute Gasteiger partial charge is 0.335 e. The lowest BCUT2D eigenvalue weighted by Crippen LogP contribution is -2.52. The Balaban J connectivity index is 1.40. The van der Waals surface area contributed by atoms with E-state index in [0.717, 1.165) is 42.1 Å². The summed E-state index contributed by atoms with van der Waals surface area (Å²) in [4.78, 5) is 39.6. The van der Waals surface area contributed by atoms with Crippen molar-refractivity contribution >= 4 is 43.8 Å². The second-order valence-electron chi connectivity index (χ2n) is 9.88. The molecule has 1 heterocycles. The standard InChI is InChI=1S/C26H30BrN3O5S/c1-26(2)22-13-10-18(27)16-21(22)23(31)30(24(26)32)15-14-17-8-11-20(12-9-17)36(34,35)29-25(33)28-19-6-4-3-5-7-19/h8-13,16,19H,3-7,14-15H2,1-2H3,(H2,28,29,33). The number of sulfonamides is 1. The first-order valence-corrected chi connectivity index (χ1v) is 14.4. The summed E-state index contributed by atoms with van der Waals surface area (Å²) in [6.45, 7) is 3.78. The molecule has 1 aliphatic carbocycles. The van der Waals surface area contributed by atoms with Gasteiger partial charge in [-0.1, -0.05) is 53.4 Å². The van der Waals surface area contributed by atoms with Crippen LogP contribution in [0.2, 0.25) is 0 Å². The molecule has 4 rings (SSSR count). The molecule has 10 heteroatoms. The summed E-state index contributed by atoms with van der Waals surface area (Å²) in [6, 6.07) is 10.7. The van der Waals surface area contributed by atoms with Gasteiger partial charge in [-0.2, -0.15) is 0 Å². The summed E-state index contributed by atoms with van der Waals surface area (Å²) in [5, 5.41) is 2.74. The highest BCUT2D eigenvalue weighted by molar-refractivity contribution is 9.10. The van der Waals surface area contributed by atoms with Gasteiger partial charge >= 0.3 is 6.03 Å². The van der Waals surface area contributed by atoms with E-state index in [0.29, 0.717) is 17.5 Å². The van der Waals surface area contributed by atoms with Gasteiger partial charge in [-0.05, 0) is 68.5 Å². The summed E-state index contributed by atoms with van der Waals surface area (Å²) in [5.41, 5.74) is 1.12. The SMILES string of the molecule is CC1(C)C(=O)N(CCc2ccc(S(=O)(=O)NC(=O)NC3CCCCC3)cc2)C(=O)c2cc(Br)ccc21. The van der Waals surface area contributed by atoms with Gasteiger partial charge in [0.1, 0.15) is 0 Å². The fraction of sp³-hybridized carbons (Fsp3) is 0.423. The Bertz CT molecular complexity index is 1290. The van der Waals surface area contributed by atoms with Crippen molar-refractivity contribution in [1.29, 1.82) is 0 Å². The Morgan fingerprint density at radius 3 is 2.39 bits per heavy atom. The smallest absolute Gasteiger partial charge is 0.328 e. The van der Waals surface area contributed by atoms with Crippen molar-refractivity contribution in [3.8, 4) is 0 Å². The van der Waals surface area contributed by atoms with Crippen LogP contribution in [-0.2, 0) is 26.7 Å². The molecule has 0 unspecified atom stereocenters. The van der Waals surface area contributed by atoms with Crippen molar-refractivity contribution < 1.29 is 22.8 Å². The molecule has 4 amide bonds. The van der Waals surface area contributed by atoms with Crippen molar-refractivity contribution in [2.45, 2.75) is 68.7 Å². The van der Waals surface area contributed by atoms with Gasteiger partial charge in [0.05, 0.1) is 10.3 Å². The van der Waals surface area contributed by atoms with Crippen LogP contribution in [0.1, 0.15) is 67.4 Å². The molecular weight excluding hydrogens is 546 g/mol. The van der Waals surface area contributed by atoms with E-state index in [1.54, 1.807) is 38.1 Å². The fourth-order valence-corrected chi connectivity index (χ4v) is 6.13. The Morgan fingerprint density at radius 2 is 1.72 bits per heavy atom. The Hall–Kier alpha value is -2.72. The minimum atomic E-state index is -4.02. The lowest BCUT2D eigenvalue weighted by atomic mass is 9.77. The number of fused-ring (bicyclic) bond motifs is 1. The summed E-state index contributed by atoms with van der Waals surface area (Å²) in [6.07, 6.45) is 5.25. The molecule has 2 aromatic rings. The number of carbonyl (C=O) groups is 3.